The average molecular weight is 349 g/mol. The van der Waals surface area contributed by atoms with E-state index >= 15 is 0 Å². The molecular weight excluding hydrogens is 334 g/mol. The summed E-state index contributed by atoms with van der Waals surface area (Å²) in [6.45, 7) is 1.82. The van der Waals surface area contributed by atoms with Crippen LogP contribution in [0.5, 0.6) is 0 Å². The fourth-order valence-corrected chi connectivity index (χ4v) is 2.39. The lowest BCUT2D eigenvalue weighted by Crippen LogP contribution is -2.38. The summed E-state index contributed by atoms with van der Waals surface area (Å²) in [5.41, 5.74) is 5.95. The molecule has 0 heterocycles. The molecule has 0 aliphatic rings. The quantitative estimate of drug-likeness (QED) is 0.380. The molecule has 1 rings (SSSR count). The summed E-state index contributed by atoms with van der Waals surface area (Å²) in [4.78, 5) is 13.8. The zero-order valence-corrected chi connectivity index (χ0v) is 12.9. The maximum atomic E-state index is 12.3. The third-order valence-corrected chi connectivity index (χ3v) is 3.67. The first-order valence-corrected chi connectivity index (χ1v) is 6.72. The summed E-state index contributed by atoms with van der Waals surface area (Å²) in [5, 5.41) is 12.0. The van der Waals surface area contributed by atoms with Crippen molar-refractivity contribution in [3.8, 4) is 0 Å². The van der Waals surface area contributed by atoms with Crippen LogP contribution >= 0.6 is 27.5 Å². The number of carbonyl (C=O) groups excluding carboxylic acids is 1. The molecule has 0 aliphatic heterocycles. The minimum Gasteiger partial charge on any atom is -0.409 e. The average Bonchev–Trinajstić information content (AvgIpc) is 2.36. The monoisotopic (exact) mass is 347 g/mol. The van der Waals surface area contributed by atoms with Gasteiger partial charge in [0.15, 0.2) is 0 Å². The van der Waals surface area contributed by atoms with Crippen LogP contribution in [0.15, 0.2) is 27.8 Å². The van der Waals surface area contributed by atoms with Gasteiger partial charge >= 0.3 is 0 Å². The van der Waals surface area contributed by atoms with Crippen LogP contribution in [0.3, 0.4) is 0 Å². The van der Waals surface area contributed by atoms with Crippen LogP contribution in [0.2, 0.25) is 5.02 Å². The van der Waals surface area contributed by atoms with Gasteiger partial charge in [0.25, 0.3) is 5.91 Å². The molecule has 0 spiro atoms. The van der Waals surface area contributed by atoms with E-state index in [-0.39, 0.29) is 17.8 Å². The standard InChI is InChI=1S/C12H15BrClN3O2/c1-7(5-11(15)16-19)17(2)12(18)9-4-3-8(14)6-10(9)13/h3-4,6-7,19H,5H2,1-2H3,(H2,15,16). The van der Waals surface area contributed by atoms with Gasteiger partial charge in [-0.15, -0.1) is 0 Å². The predicted octanol–water partition coefficient (Wildman–Crippen LogP) is 2.70. The molecule has 0 bridgehead atoms. The Kier molecular flexibility index (Phi) is 5.62. The van der Waals surface area contributed by atoms with Crippen molar-refractivity contribution in [2.75, 3.05) is 7.05 Å². The molecule has 0 fully saturated rings. The van der Waals surface area contributed by atoms with Gasteiger partial charge < -0.3 is 15.8 Å². The van der Waals surface area contributed by atoms with Crippen LogP contribution in [0.25, 0.3) is 0 Å². The first-order chi connectivity index (χ1) is 8.86. The van der Waals surface area contributed by atoms with Crippen LogP contribution < -0.4 is 5.73 Å². The van der Waals surface area contributed by atoms with E-state index in [9.17, 15) is 4.79 Å². The second-order valence-electron chi connectivity index (χ2n) is 4.18. The summed E-state index contributed by atoms with van der Waals surface area (Å²) in [6, 6.07) is 4.78. The Labute approximate surface area is 125 Å². The fraction of sp³-hybridized carbons (Fsp3) is 0.333. The summed E-state index contributed by atoms with van der Waals surface area (Å²) in [6.07, 6.45) is 0.296. The Bertz CT molecular complexity index is 508. The molecule has 0 radical (unpaired) electrons. The molecule has 1 unspecified atom stereocenters. The molecule has 7 heteroatoms. The minimum atomic E-state index is -0.189. The molecule has 1 aromatic carbocycles. The number of hydrogen-bond acceptors (Lipinski definition) is 3. The highest BCUT2D eigenvalue weighted by Gasteiger charge is 2.20. The SMILES string of the molecule is CC(C/C(N)=N/O)N(C)C(=O)c1ccc(Cl)cc1Br. The summed E-state index contributed by atoms with van der Waals surface area (Å²) >= 11 is 9.15. The second kappa shape index (κ2) is 6.77. The zero-order valence-electron chi connectivity index (χ0n) is 10.6. The van der Waals surface area contributed by atoms with E-state index in [4.69, 9.17) is 22.5 Å². The Balaban J connectivity index is 2.87. The van der Waals surface area contributed by atoms with Gasteiger partial charge in [0.05, 0.1) is 5.56 Å². The van der Waals surface area contributed by atoms with Crippen molar-refractivity contribution in [3.05, 3.63) is 33.3 Å². The van der Waals surface area contributed by atoms with E-state index in [2.05, 4.69) is 21.1 Å². The highest BCUT2D eigenvalue weighted by molar-refractivity contribution is 9.10. The lowest BCUT2D eigenvalue weighted by atomic mass is 10.1. The molecule has 1 aromatic rings. The number of nitrogens with two attached hydrogens (primary N) is 1. The third kappa shape index (κ3) is 4.11. The molecule has 104 valence electrons. The molecule has 0 aliphatic carbocycles. The maximum absolute atomic E-state index is 12.3. The van der Waals surface area contributed by atoms with Gasteiger partial charge in [-0.1, -0.05) is 16.8 Å². The maximum Gasteiger partial charge on any atom is 0.254 e. The first kappa shape index (κ1) is 15.8. The lowest BCUT2D eigenvalue weighted by Gasteiger charge is -2.25. The van der Waals surface area contributed by atoms with Crippen molar-refractivity contribution >= 4 is 39.3 Å². The Hall–Kier alpha value is -1.27. The van der Waals surface area contributed by atoms with Crippen molar-refractivity contribution < 1.29 is 10.0 Å². The van der Waals surface area contributed by atoms with Crippen LogP contribution in [0, 0.1) is 0 Å². The minimum absolute atomic E-state index is 0.0855. The Morgan fingerprint density at radius 3 is 2.79 bits per heavy atom. The van der Waals surface area contributed by atoms with E-state index in [0.29, 0.717) is 21.5 Å². The second-order valence-corrected chi connectivity index (χ2v) is 5.48. The Morgan fingerprint density at radius 2 is 2.26 bits per heavy atom. The van der Waals surface area contributed by atoms with Gasteiger partial charge in [0.1, 0.15) is 5.84 Å². The van der Waals surface area contributed by atoms with Crippen molar-refractivity contribution in [1.82, 2.24) is 4.90 Å². The zero-order chi connectivity index (χ0) is 14.6. The van der Waals surface area contributed by atoms with Gasteiger partial charge in [0.2, 0.25) is 0 Å². The molecular formula is C12H15BrClN3O2. The van der Waals surface area contributed by atoms with Crippen molar-refractivity contribution in [3.63, 3.8) is 0 Å². The number of amides is 1. The fourth-order valence-electron chi connectivity index (χ4n) is 1.53. The molecule has 0 saturated carbocycles. The van der Waals surface area contributed by atoms with Crippen LogP contribution in [-0.4, -0.2) is 34.9 Å². The molecule has 3 N–H and O–H groups in total. The van der Waals surface area contributed by atoms with E-state index in [1.54, 1.807) is 25.2 Å². The van der Waals surface area contributed by atoms with Gasteiger partial charge in [-0.25, -0.2) is 0 Å². The van der Waals surface area contributed by atoms with Crippen molar-refractivity contribution in [2.24, 2.45) is 10.9 Å². The number of halogens is 2. The highest BCUT2D eigenvalue weighted by atomic mass is 79.9. The third-order valence-electron chi connectivity index (χ3n) is 2.78. The van der Waals surface area contributed by atoms with E-state index in [0.717, 1.165) is 0 Å². The molecule has 1 amide bonds. The van der Waals surface area contributed by atoms with Gasteiger partial charge in [0, 0.05) is 29.0 Å². The number of nitrogens with zero attached hydrogens (tertiary/aromatic N) is 2. The Morgan fingerprint density at radius 1 is 1.63 bits per heavy atom. The van der Waals surface area contributed by atoms with E-state index in [1.807, 2.05) is 6.92 Å². The number of oxime groups is 1. The smallest absolute Gasteiger partial charge is 0.254 e. The molecule has 5 nitrogen and oxygen atoms in total. The molecule has 0 saturated heterocycles. The number of hydrogen-bond donors (Lipinski definition) is 2. The first-order valence-electron chi connectivity index (χ1n) is 5.55. The number of amidine groups is 1. The normalized spacial score (nSPS) is 13.2. The van der Waals surface area contributed by atoms with Crippen LogP contribution in [-0.2, 0) is 0 Å². The van der Waals surface area contributed by atoms with Crippen LogP contribution in [0.1, 0.15) is 23.7 Å². The number of rotatable bonds is 4. The van der Waals surface area contributed by atoms with E-state index in [1.165, 1.54) is 4.90 Å². The van der Waals surface area contributed by atoms with Crippen LogP contribution in [0.4, 0.5) is 0 Å². The lowest BCUT2D eigenvalue weighted by molar-refractivity contribution is 0.0746. The molecule has 1 atom stereocenters. The molecule has 0 aromatic heterocycles. The predicted molar refractivity (Wildman–Crippen MR) is 78.7 cm³/mol. The van der Waals surface area contributed by atoms with Gasteiger partial charge in [-0.3, -0.25) is 4.79 Å². The summed E-state index contributed by atoms with van der Waals surface area (Å²) in [7, 11) is 1.67. The van der Waals surface area contributed by atoms with Gasteiger partial charge in [-0.05, 0) is 41.1 Å². The molecule has 19 heavy (non-hydrogen) atoms. The largest absolute Gasteiger partial charge is 0.409 e. The van der Waals surface area contributed by atoms with Gasteiger partial charge in [-0.2, -0.15) is 0 Å². The van der Waals surface area contributed by atoms with Crippen molar-refractivity contribution in [1.29, 1.82) is 0 Å². The van der Waals surface area contributed by atoms with Crippen molar-refractivity contribution in [2.45, 2.75) is 19.4 Å². The van der Waals surface area contributed by atoms with E-state index < -0.39 is 0 Å². The summed E-state index contributed by atoms with van der Waals surface area (Å²) in [5.74, 6) is -0.0795. The highest BCUT2D eigenvalue weighted by Crippen LogP contribution is 2.23. The topological polar surface area (TPSA) is 78.9 Å². The number of benzene rings is 1. The number of carbonyl (C=O) groups is 1. The summed E-state index contributed by atoms with van der Waals surface area (Å²) < 4.78 is 0.632.